The van der Waals surface area contributed by atoms with E-state index >= 15 is 0 Å². The van der Waals surface area contributed by atoms with Crippen LogP contribution in [0.5, 0.6) is 0 Å². The maximum absolute atomic E-state index is 13.6. The summed E-state index contributed by atoms with van der Waals surface area (Å²) in [6.45, 7) is 5.17. The van der Waals surface area contributed by atoms with Crippen molar-refractivity contribution in [2.45, 2.75) is 13.8 Å². The molecule has 0 bridgehead atoms. The first kappa shape index (κ1) is 14.2. The third-order valence-corrected chi connectivity index (χ3v) is 2.44. The molecule has 0 spiro atoms. The number of para-hydroxylation sites is 1. The number of nitrogens with zero attached hydrogens (tertiary/aromatic N) is 1. The number of likely N-dealkylation sites (N-methyl/N-ethyl adjacent to an activating group) is 1. The summed E-state index contributed by atoms with van der Waals surface area (Å²) in [7, 11) is 0. The molecule has 0 aliphatic rings. The van der Waals surface area contributed by atoms with Crippen molar-refractivity contribution in [3.63, 3.8) is 0 Å². The molecule has 0 saturated heterocycles. The first-order valence-electron chi connectivity index (χ1n) is 6.01. The van der Waals surface area contributed by atoms with Crippen molar-refractivity contribution in [2.75, 3.05) is 24.6 Å². The summed E-state index contributed by atoms with van der Waals surface area (Å²) in [6, 6.07) is 6.58. The highest BCUT2D eigenvalue weighted by molar-refractivity contribution is 5.81. The fourth-order valence-corrected chi connectivity index (χ4v) is 1.57. The van der Waals surface area contributed by atoms with Crippen LogP contribution in [0.3, 0.4) is 0 Å². The van der Waals surface area contributed by atoms with Crippen LogP contribution in [0.2, 0.25) is 0 Å². The number of halogens is 1. The summed E-state index contributed by atoms with van der Waals surface area (Å²) in [6.07, 6.45) is 3.04. The monoisotopic (exact) mass is 251 g/mol. The van der Waals surface area contributed by atoms with Gasteiger partial charge in [0.25, 0.3) is 0 Å². The summed E-state index contributed by atoms with van der Waals surface area (Å²) in [5.74, 6) is -0.633. The van der Waals surface area contributed by atoms with Crippen LogP contribution in [0.4, 0.5) is 10.1 Å². The molecule has 0 unspecified atom stereocenters. The third-order valence-electron chi connectivity index (χ3n) is 2.44. The molecular weight excluding hydrogens is 233 g/mol. The number of esters is 1. The van der Waals surface area contributed by atoms with Crippen molar-refractivity contribution in [3.8, 4) is 0 Å². The van der Waals surface area contributed by atoms with Crippen LogP contribution >= 0.6 is 0 Å². The normalized spacial score (nSPS) is 10.6. The Morgan fingerprint density at radius 3 is 2.72 bits per heavy atom. The second-order valence-corrected chi connectivity index (χ2v) is 3.64. The van der Waals surface area contributed by atoms with E-state index < -0.39 is 0 Å². The number of hydrogen-bond acceptors (Lipinski definition) is 3. The Balaban J connectivity index is 2.63. The lowest BCUT2D eigenvalue weighted by atomic mass is 10.2. The maximum Gasteiger partial charge on any atom is 0.330 e. The summed E-state index contributed by atoms with van der Waals surface area (Å²) in [4.78, 5) is 13.0. The topological polar surface area (TPSA) is 29.5 Å². The number of ether oxygens (including phenoxy) is 1. The fraction of sp³-hybridized carbons (Fsp3) is 0.357. The van der Waals surface area contributed by atoms with Crippen molar-refractivity contribution >= 4 is 11.7 Å². The SMILES string of the molecule is CCOC(=O)/C=C/CN(CC)c1ccccc1F. The van der Waals surface area contributed by atoms with Gasteiger partial charge < -0.3 is 9.64 Å². The van der Waals surface area contributed by atoms with Crippen molar-refractivity contribution < 1.29 is 13.9 Å². The van der Waals surface area contributed by atoms with Crippen LogP contribution < -0.4 is 4.90 Å². The molecular formula is C14H18FNO2. The minimum Gasteiger partial charge on any atom is -0.463 e. The Morgan fingerprint density at radius 2 is 2.11 bits per heavy atom. The molecule has 3 nitrogen and oxygen atoms in total. The van der Waals surface area contributed by atoms with Crippen LogP contribution in [-0.2, 0) is 9.53 Å². The Labute approximate surface area is 107 Å². The van der Waals surface area contributed by atoms with Crippen molar-refractivity contribution in [3.05, 3.63) is 42.2 Å². The minimum absolute atomic E-state index is 0.260. The van der Waals surface area contributed by atoms with E-state index in [1.165, 1.54) is 12.1 Å². The minimum atomic E-state index is -0.373. The molecule has 0 fully saturated rings. The number of anilines is 1. The van der Waals surface area contributed by atoms with E-state index in [0.717, 1.165) is 0 Å². The van der Waals surface area contributed by atoms with Gasteiger partial charge in [0, 0.05) is 19.2 Å². The summed E-state index contributed by atoms with van der Waals surface area (Å²) >= 11 is 0. The van der Waals surface area contributed by atoms with Gasteiger partial charge in [-0.3, -0.25) is 0 Å². The van der Waals surface area contributed by atoms with Crippen molar-refractivity contribution in [2.24, 2.45) is 0 Å². The number of carbonyl (C=O) groups is 1. The molecule has 0 aliphatic heterocycles. The zero-order valence-corrected chi connectivity index (χ0v) is 10.7. The van der Waals surface area contributed by atoms with Gasteiger partial charge in [0.2, 0.25) is 0 Å². The molecule has 0 saturated carbocycles. The molecule has 0 amide bonds. The molecule has 18 heavy (non-hydrogen) atoms. The summed E-state index contributed by atoms with van der Waals surface area (Å²) < 4.78 is 18.3. The van der Waals surface area contributed by atoms with Gasteiger partial charge in [0.1, 0.15) is 5.82 Å². The largest absolute Gasteiger partial charge is 0.463 e. The second-order valence-electron chi connectivity index (χ2n) is 3.64. The highest BCUT2D eigenvalue weighted by Crippen LogP contribution is 2.17. The standard InChI is InChI=1S/C14H18FNO2/c1-3-16(11-7-10-14(17)18-4-2)13-9-6-5-8-12(13)15/h5-10H,3-4,11H2,1-2H3/b10-7+. The number of benzene rings is 1. The predicted octanol–water partition coefficient (Wildman–Crippen LogP) is 2.77. The lowest BCUT2D eigenvalue weighted by Gasteiger charge is -2.21. The average molecular weight is 251 g/mol. The third kappa shape index (κ3) is 4.20. The molecule has 0 atom stereocenters. The van der Waals surface area contributed by atoms with Gasteiger partial charge >= 0.3 is 5.97 Å². The Morgan fingerprint density at radius 1 is 1.39 bits per heavy atom. The van der Waals surface area contributed by atoms with Gasteiger partial charge in [-0.2, -0.15) is 0 Å². The molecule has 0 radical (unpaired) electrons. The van der Waals surface area contributed by atoms with Crippen LogP contribution in [0.25, 0.3) is 0 Å². The van der Waals surface area contributed by atoms with Gasteiger partial charge in [0.05, 0.1) is 12.3 Å². The zero-order chi connectivity index (χ0) is 13.4. The van der Waals surface area contributed by atoms with Crippen LogP contribution in [-0.4, -0.2) is 25.7 Å². The average Bonchev–Trinajstić information content (AvgIpc) is 2.36. The van der Waals surface area contributed by atoms with Crippen LogP contribution in [0, 0.1) is 5.82 Å². The summed E-state index contributed by atoms with van der Waals surface area (Å²) in [5, 5.41) is 0. The highest BCUT2D eigenvalue weighted by Gasteiger charge is 2.07. The molecule has 0 N–H and O–H groups in total. The van der Waals surface area contributed by atoms with Gasteiger partial charge in [-0.05, 0) is 26.0 Å². The fourth-order valence-electron chi connectivity index (χ4n) is 1.57. The van der Waals surface area contributed by atoms with Crippen molar-refractivity contribution in [1.82, 2.24) is 0 Å². The molecule has 0 aromatic heterocycles. The van der Waals surface area contributed by atoms with E-state index in [4.69, 9.17) is 4.74 Å². The molecule has 4 heteroatoms. The Kier molecular flexibility index (Phi) is 5.91. The molecule has 0 heterocycles. The number of carbonyl (C=O) groups excluding carboxylic acids is 1. The van der Waals surface area contributed by atoms with Gasteiger partial charge in [-0.25, -0.2) is 9.18 Å². The molecule has 0 aliphatic carbocycles. The summed E-state index contributed by atoms with van der Waals surface area (Å²) in [5.41, 5.74) is 0.536. The highest BCUT2D eigenvalue weighted by atomic mass is 19.1. The quantitative estimate of drug-likeness (QED) is 0.575. The molecule has 1 aromatic rings. The van der Waals surface area contributed by atoms with E-state index in [2.05, 4.69) is 0 Å². The molecule has 1 rings (SSSR count). The second kappa shape index (κ2) is 7.48. The van der Waals surface area contributed by atoms with E-state index in [-0.39, 0.29) is 11.8 Å². The smallest absolute Gasteiger partial charge is 0.330 e. The van der Waals surface area contributed by atoms with Gasteiger partial charge in [0.15, 0.2) is 0 Å². The lowest BCUT2D eigenvalue weighted by Crippen LogP contribution is -2.23. The first-order valence-corrected chi connectivity index (χ1v) is 6.01. The zero-order valence-electron chi connectivity index (χ0n) is 10.7. The Hall–Kier alpha value is -1.84. The van der Waals surface area contributed by atoms with E-state index in [9.17, 15) is 9.18 Å². The van der Waals surface area contributed by atoms with Gasteiger partial charge in [-0.1, -0.05) is 18.2 Å². The van der Waals surface area contributed by atoms with Gasteiger partial charge in [-0.15, -0.1) is 0 Å². The number of hydrogen-bond donors (Lipinski definition) is 0. The van der Waals surface area contributed by atoms with E-state index in [0.29, 0.717) is 25.4 Å². The number of rotatable bonds is 6. The first-order chi connectivity index (χ1) is 8.69. The predicted molar refractivity (Wildman–Crippen MR) is 70.1 cm³/mol. The van der Waals surface area contributed by atoms with Crippen LogP contribution in [0.1, 0.15) is 13.8 Å². The maximum atomic E-state index is 13.6. The van der Waals surface area contributed by atoms with E-state index in [1.807, 2.05) is 11.8 Å². The molecule has 98 valence electrons. The van der Waals surface area contributed by atoms with Crippen LogP contribution in [0.15, 0.2) is 36.4 Å². The van der Waals surface area contributed by atoms with E-state index in [1.54, 1.807) is 31.2 Å². The Bertz CT molecular complexity index is 418. The lowest BCUT2D eigenvalue weighted by molar-refractivity contribution is -0.137. The van der Waals surface area contributed by atoms with Crippen molar-refractivity contribution in [1.29, 1.82) is 0 Å². The molecule has 1 aromatic carbocycles.